The summed E-state index contributed by atoms with van der Waals surface area (Å²) in [7, 11) is 0. The van der Waals surface area contributed by atoms with E-state index in [1.54, 1.807) is 11.8 Å². The van der Waals surface area contributed by atoms with E-state index < -0.39 is 0 Å². The van der Waals surface area contributed by atoms with Gasteiger partial charge in [-0.25, -0.2) is 4.98 Å². The Labute approximate surface area is 196 Å². The van der Waals surface area contributed by atoms with Crippen molar-refractivity contribution in [1.29, 1.82) is 0 Å². The summed E-state index contributed by atoms with van der Waals surface area (Å²) in [6.07, 6.45) is 8.64. The molecule has 0 saturated carbocycles. The molecule has 0 aliphatic carbocycles. The number of thioether (sulfide) groups is 1. The van der Waals surface area contributed by atoms with Crippen LogP contribution in [0.25, 0.3) is 22.5 Å². The van der Waals surface area contributed by atoms with Crippen molar-refractivity contribution < 1.29 is 4.79 Å². The molecule has 4 nitrogen and oxygen atoms in total. The van der Waals surface area contributed by atoms with E-state index in [9.17, 15) is 4.79 Å². The van der Waals surface area contributed by atoms with E-state index >= 15 is 0 Å². The van der Waals surface area contributed by atoms with Gasteiger partial charge < -0.3 is 10.3 Å². The van der Waals surface area contributed by atoms with Crippen LogP contribution in [0, 0.1) is 0 Å². The summed E-state index contributed by atoms with van der Waals surface area (Å²) in [4.78, 5) is 20.4. The molecule has 0 aliphatic rings. The lowest BCUT2D eigenvalue weighted by molar-refractivity contribution is -0.121. The molecule has 1 aromatic heterocycles. The Balaban J connectivity index is 1.45. The van der Waals surface area contributed by atoms with E-state index in [-0.39, 0.29) is 5.91 Å². The summed E-state index contributed by atoms with van der Waals surface area (Å²) < 4.78 is 0. The number of rotatable bonds is 14. The second kappa shape index (κ2) is 13.8. The Morgan fingerprint density at radius 1 is 0.875 bits per heavy atom. The number of nitrogens with zero attached hydrogens (tertiary/aromatic N) is 1. The first-order valence-corrected chi connectivity index (χ1v) is 12.9. The maximum absolute atomic E-state index is 12.0. The number of imidazole rings is 1. The maximum atomic E-state index is 12.0. The molecule has 1 heterocycles. The smallest absolute Gasteiger partial charge is 0.219 e. The number of nitrogens with one attached hydrogen (secondary N) is 2. The fourth-order valence-electron chi connectivity index (χ4n) is 3.64. The van der Waals surface area contributed by atoms with Gasteiger partial charge in [-0.2, -0.15) is 0 Å². The normalized spacial score (nSPS) is 10.9. The molecule has 3 rings (SSSR count). The van der Waals surface area contributed by atoms with Gasteiger partial charge in [0.05, 0.1) is 11.4 Å². The minimum Gasteiger partial charge on any atom is -0.356 e. The van der Waals surface area contributed by atoms with E-state index in [1.165, 1.54) is 25.7 Å². The van der Waals surface area contributed by atoms with Gasteiger partial charge in [-0.3, -0.25) is 4.79 Å². The molecule has 0 saturated heterocycles. The van der Waals surface area contributed by atoms with Crippen LogP contribution in [-0.2, 0) is 4.79 Å². The lowest BCUT2D eigenvalue weighted by Crippen LogP contribution is -2.24. The van der Waals surface area contributed by atoms with Crippen LogP contribution in [-0.4, -0.2) is 28.2 Å². The highest BCUT2D eigenvalue weighted by molar-refractivity contribution is 7.99. The predicted molar refractivity (Wildman–Crippen MR) is 136 cm³/mol. The van der Waals surface area contributed by atoms with Crippen LogP contribution in [0.1, 0.15) is 58.3 Å². The zero-order valence-corrected chi connectivity index (χ0v) is 19.9. The molecule has 0 fully saturated rings. The highest BCUT2D eigenvalue weighted by Crippen LogP contribution is 2.32. The molecular weight excluding hydrogens is 414 g/mol. The quantitative estimate of drug-likeness (QED) is 0.204. The van der Waals surface area contributed by atoms with Crippen molar-refractivity contribution in [3.05, 3.63) is 60.7 Å². The molecule has 0 atom stereocenters. The number of H-pyrrole nitrogens is 1. The number of hydrogen-bond donors (Lipinski definition) is 2. The third-order valence-corrected chi connectivity index (χ3v) is 6.39. The largest absolute Gasteiger partial charge is 0.356 e. The number of benzene rings is 2. The number of carbonyl (C=O) groups excluding carboxylic acids is 1. The number of aromatic amines is 1. The van der Waals surface area contributed by atoms with Gasteiger partial charge in [0.1, 0.15) is 0 Å². The monoisotopic (exact) mass is 449 g/mol. The van der Waals surface area contributed by atoms with Crippen LogP contribution in [0.4, 0.5) is 0 Å². The Kier molecular flexibility index (Phi) is 10.4. The number of amides is 1. The number of aromatic nitrogens is 2. The standard InChI is InChI=1S/C27H35N3OS/c1-2-3-4-5-13-20-28-24(31)19-12-14-21-32-27-29-25(22-15-8-6-9-16-22)26(30-27)23-17-10-7-11-18-23/h6-11,15-18H,2-5,12-14,19-21H2,1H3,(H,28,31)(H,29,30). The van der Waals surface area contributed by atoms with Gasteiger partial charge >= 0.3 is 0 Å². The van der Waals surface area contributed by atoms with E-state index in [1.807, 2.05) is 36.4 Å². The third-order valence-electron chi connectivity index (χ3n) is 5.43. The van der Waals surface area contributed by atoms with Crippen molar-refractivity contribution in [2.75, 3.05) is 12.3 Å². The summed E-state index contributed by atoms with van der Waals surface area (Å²) in [5, 5.41) is 3.98. The topological polar surface area (TPSA) is 57.8 Å². The molecule has 5 heteroatoms. The zero-order valence-electron chi connectivity index (χ0n) is 19.1. The molecule has 1 amide bonds. The van der Waals surface area contributed by atoms with Crippen LogP contribution in [0.5, 0.6) is 0 Å². The molecule has 0 radical (unpaired) electrons. The predicted octanol–water partition coefficient (Wildman–Crippen LogP) is 7.09. The Bertz CT molecular complexity index is 868. The molecule has 3 aromatic rings. The first kappa shape index (κ1) is 24.1. The van der Waals surface area contributed by atoms with E-state index in [0.29, 0.717) is 6.42 Å². The zero-order chi connectivity index (χ0) is 22.4. The van der Waals surface area contributed by atoms with Gasteiger partial charge in [-0.05, 0) is 19.3 Å². The Hall–Kier alpha value is -2.53. The van der Waals surface area contributed by atoms with Crippen LogP contribution in [0.15, 0.2) is 65.8 Å². The van der Waals surface area contributed by atoms with E-state index in [2.05, 4.69) is 41.5 Å². The average Bonchev–Trinajstić information content (AvgIpc) is 3.26. The lowest BCUT2D eigenvalue weighted by Gasteiger charge is -2.05. The van der Waals surface area contributed by atoms with Crippen LogP contribution in [0.2, 0.25) is 0 Å². The number of unbranched alkanes of at least 4 members (excludes halogenated alkanes) is 5. The highest BCUT2D eigenvalue weighted by Gasteiger charge is 2.14. The molecule has 0 unspecified atom stereocenters. The van der Waals surface area contributed by atoms with Crippen LogP contribution >= 0.6 is 11.8 Å². The average molecular weight is 450 g/mol. The molecule has 2 N–H and O–H groups in total. The SMILES string of the molecule is CCCCCCCNC(=O)CCCCSc1nc(-c2ccccc2)c(-c2ccccc2)[nH]1. The van der Waals surface area contributed by atoms with E-state index in [0.717, 1.165) is 59.2 Å². The van der Waals surface area contributed by atoms with Gasteiger partial charge in [-0.15, -0.1) is 0 Å². The molecule has 2 aromatic carbocycles. The van der Waals surface area contributed by atoms with Crippen molar-refractivity contribution in [2.24, 2.45) is 0 Å². The first-order chi connectivity index (χ1) is 15.8. The van der Waals surface area contributed by atoms with Gasteiger partial charge in [0, 0.05) is 29.8 Å². The van der Waals surface area contributed by atoms with Crippen LogP contribution < -0.4 is 5.32 Å². The molecular formula is C27H35N3OS. The van der Waals surface area contributed by atoms with Gasteiger partial charge in [0.2, 0.25) is 5.91 Å². The van der Waals surface area contributed by atoms with Crippen molar-refractivity contribution >= 4 is 17.7 Å². The van der Waals surface area contributed by atoms with Crippen molar-refractivity contribution in [1.82, 2.24) is 15.3 Å². The number of carbonyl (C=O) groups is 1. The first-order valence-electron chi connectivity index (χ1n) is 11.9. The van der Waals surface area contributed by atoms with Gasteiger partial charge in [-0.1, -0.05) is 105 Å². The fraction of sp³-hybridized carbons (Fsp3) is 0.407. The fourth-order valence-corrected chi connectivity index (χ4v) is 4.51. The number of hydrogen-bond acceptors (Lipinski definition) is 3. The summed E-state index contributed by atoms with van der Waals surface area (Å²) in [6, 6.07) is 20.6. The second-order valence-corrected chi connectivity index (χ2v) is 9.15. The Morgan fingerprint density at radius 2 is 1.56 bits per heavy atom. The highest BCUT2D eigenvalue weighted by atomic mass is 32.2. The van der Waals surface area contributed by atoms with Crippen molar-refractivity contribution in [3.63, 3.8) is 0 Å². The Morgan fingerprint density at radius 3 is 2.28 bits per heavy atom. The molecule has 0 spiro atoms. The van der Waals surface area contributed by atoms with Crippen molar-refractivity contribution in [2.45, 2.75) is 63.4 Å². The molecule has 0 aliphatic heterocycles. The third kappa shape index (κ3) is 7.86. The summed E-state index contributed by atoms with van der Waals surface area (Å²) in [5.41, 5.74) is 4.29. The molecule has 0 bridgehead atoms. The minimum absolute atomic E-state index is 0.182. The summed E-state index contributed by atoms with van der Waals surface area (Å²) >= 11 is 1.73. The summed E-state index contributed by atoms with van der Waals surface area (Å²) in [6.45, 7) is 3.03. The molecule has 32 heavy (non-hydrogen) atoms. The second-order valence-electron chi connectivity index (χ2n) is 8.07. The maximum Gasteiger partial charge on any atom is 0.219 e. The van der Waals surface area contributed by atoms with E-state index in [4.69, 9.17) is 4.98 Å². The minimum atomic E-state index is 0.182. The summed E-state index contributed by atoms with van der Waals surface area (Å²) in [5.74, 6) is 1.13. The lowest BCUT2D eigenvalue weighted by atomic mass is 10.1. The van der Waals surface area contributed by atoms with Gasteiger partial charge in [0.25, 0.3) is 0 Å². The van der Waals surface area contributed by atoms with Gasteiger partial charge in [0.15, 0.2) is 5.16 Å². The van der Waals surface area contributed by atoms with Crippen molar-refractivity contribution in [3.8, 4) is 22.5 Å². The molecule has 170 valence electrons. The van der Waals surface area contributed by atoms with Crippen LogP contribution in [0.3, 0.4) is 0 Å².